The highest BCUT2D eigenvalue weighted by Gasteiger charge is 2.27. The van der Waals surface area contributed by atoms with Crippen LogP contribution in [0.25, 0.3) is 11.1 Å². The predicted molar refractivity (Wildman–Crippen MR) is 86.8 cm³/mol. The smallest absolute Gasteiger partial charge is 0.298 e. The maximum atomic E-state index is 13.3. The molecule has 1 saturated heterocycles. The lowest BCUT2D eigenvalue weighted by atomic mass is 9.97. The highest BCUT2D eigenvalue weighted by atomic mass is 19.1. The molecule has 24 heavy (non-hydrogen) atoms. The number of fused-ring (bicyclic) bond motifs is 1. The van der Waals surface area contributed by atoms with Crippen molar-refractivity contribution in [2.24, 2.45) is 0 Å². The lowest BCUT2D eigenvalue weighted by Gasteiger charge is -2.28. The minimum Gasteiger partial charge on any atom is -0.423 e. The van der Waals surface area contributed by atoms with E-state index in [2.05, 4.69) is 20.0 Å². The molecule has 0 N–H and O–H groups in total. The third-order valence-corrected chi connectivity index (χ3v) is 4.28. The molecule has 1 fully saturated rings. The van der Waals surface area contributed by atoms with Gasteiger partial charge in [-0.15, -0.1) is 0 Å². The van der Waals surface area contributed by atoms with Gasteiger partial charge in [-0.25, -0.2) is 4.39 Å². The Morgan fingerprint density at radius 2 is 2.00 bits per heavy atom. The lowest BCUT2D eigenvalue weighted by Crippen LogP contribution is -2.33. The van der Waals surface area contributed by atoms with Gasteiger partial charge in [0.2, 0.25) is 5.89 Å². The predicted octanol–water partition coefficient (Wildman–Crippen LogP) is 2.80. The van der Waals surface area contributed by atoms with Crippen molar-refractivity contribution in [2.75, 3.05) is 37.0 Å². The minimum atomic E-state index is -0.311. The molecule has 0 atom stereocenters. The fourth-order valence-corrected chi connectivity index (χ4v) is 2.92. The molecule has 1 aliphatic heterocycles. The van der Waals surface area contributed by atoms with Gasteiger partial charge in [-0.2, -0.15) is 9.97 Å². The monoisotopic (exact) mass is 331 g/mol. The minimum absolute atomic E-state index is 0.240. The van der Waals surface area contributed by atoms with Crippen molar-refractivity contribution < 1.29 is 13.3 Å². The van der Waals surface area contributed by atoms with Crippen LogP contribution >= 0.6 is 0 Å². The average molecular weight is 331 g/mol. The highest BCUT2D eigenvalue weighted by Crippen LogP contribution is 2.31. The number of aromatic nitrogens is 3. The fourth-order valence-electron chi connectivity index (χ4n) is 2.92. The van der Waals surface area contributed by atoms with Gasteiger partial charge in [0.1, 0.15) is 11.3 Å². The molecule has 4 rings (SSSR count). The first-order chi connectivity index (χ1) is 11.6. The van der Waals surface area contributed by atoms with Crippen LogP contribution in [0.2, 0.25) is 0 Å². The first-order valence-electron chi connectivity index (χ1n) is 7.92. The molecule has 1 aromatic carbocycles. The van der Waals surface area contributed by atoms with Crippen molar-refractivity contribution in [3.05, 3.63) is 29.9 Å². The quantitative estimate of drug-likeness (QED) is 0.731. The molecule has 2 aromatic heterocycles. The lowest BCUT2D eigenvalue weighted by molar-refractivity contribution is 0.326. The van der Waals surface area contributed by atoms with Crippen LogP contribution < -0.4 is 9.80 Å². The van der Waals surface area contributed by atoms with Gasteiger partial charge in [0.15, 0.2) is 5.58 Å². The maximum absolute atomic E-state index is 13.3. The molecular formula is C16H18FN5O2. The van der Waals surface area contributed by atoms with E-state index in [1.54, 1.807) is 6.07 Å². The number of halogens is 1. The van der Waals surface area contributed by atoms with E-state index in [9.17, 15) is 4.39 Å². The van der Waals surface area contributed by atoms with Crippen LogP contribution in [0, 0.1) is 5.82 Å². The van der Waals surface area contributed by atoms with Crippen molar-refractivity contribution >= 4 is 23.1 Å². The molecule has 7 nitrogen and oxygen atoms in total. The molecule has 8 heteroatoms. The van der Waals surface area contributed by atoms with Crippen molar-refractivity contribution in [1.29, 1.82) is 0 Å². The number of piperidine rings is 1. The van der Waals surface area contributed by atoms with Crippen LogP contribution in [0.3, 0.4) is 0 Å². The molecule has 0 radical (unpaired) electrons. The van der Waals surface area contributed by atoms with Gasteiger partial charge in [-0.05, 0) is 30.1 Å². The van der Waals surface area contributed by atoms with Crippen LogP contribution in [0.1, 0.15) is 24.7 Å². The zero-order chi connectivity index (χ0) is 16.7. The summed E-state index contributed by atoms with van der Waals surface area (Å²) < 4.78 is 24.4. The Kier molecular flexibility index (Phi) is 3.59. The van der Waals surface area contributed by atoms with Gasteiger partial charge in [-0.1, -0.05) is 0 Å². The molecule has 126 valence electrons. The molecule has 0 aliphatic carbocycles. The first-order valence-corrected chi connectivity index (χ1v) is 7.92. The summed E-state index contributed by atoms with van der Waals surface area (Å²) >= 11 is 0. The standard InChI is InChI=1S/C16H18FN5O2/c1-21(2)15-19-14(24-20-15)10-5-7-22(8-6-10)16-18-12-9-11(17)3-4-13(12)23-16/h3-4,9-10H,5-8H2,1-2H3. The van der Waals surface area contributed by atoms with Crippen LogP contribution in [0.5, 0.6) is 0 Å². The molecule has 0 amide bonds. The summed E-state index contributed by atoms with van der Waals surface area (Å²) in [5, 5.41) is 3.96. The number of oxazole rings is 1. The van der Waals surface area contributed by atoms with Crippen LogP contribution in [-0.4, -0.2) is 42.3 Å². The number of nitrogens with zero attached hydrogens (tertiary/aromatic N) is 5. The SMILES string of the molecule is CN(C)c1noc(C2CCN(c3nc4cc(F)ccc4o3)CC2)n1. The van der Waals surface area contributed by atoms with Crippen LogP contribution in [0.15, 0.2) is 27.1 Å². The van der Waals surface area contributed by atoms with E-state index < -0.39 is 0 Å². The third-order valence-electron chi connectivity index (χ3n) is 4.28. The Balaban J connectivity index is 1.46. The average Bonchev–Trinajstić information content (AvgIpc) is 3.21. The Labute approximate surface area is 138 Å². The normalized spacial score (nSPS) is 16.0. The Bertz CT molecular complexity index is 851. The summed E-state index contributed by atoms with van der Waals surface area (Å²) in [6.45, 7) is 1.55. The highest BCUT2D eigenvalue weighted by molar-refractivity contribution is 5.74. The van der Waals surface area contributed by atoms with Gasteiger partial charge in [0.25, 0.3) is 12.0 Å². The number of rotatable bonds is 3. The zero-order valence-electron chi connectivity index (χ0n) is 13.6. The molecule has 1 aliphatic rings. The van der Waals surface area contributed by atoms with Crippen molar-refractivity contribution in [1.82, 2.24) is 15.1 Å². The number of anilines is 2. The van der Waals surface area contributed by atoms with Gasteiger partial charge >= 0.3 is 0 Å². The summed E-state index contributed by atoms with van der Waals surface area (Å²) in [6, 6.07) is 4.90. The van der Waals surface area contributed by atoms with E-state index in [0.717, 1.165) is 25.9 Å². The summed E-state index contributed by atoms with van der Waals surface area (Å²) in [5.74, 6) is 1.20. The maximum Gasteiger partial charge on any atom is 0.298 e. The van der Waals surface area contributed by atoms with E-state index in [0.29, 0.717) is 29.0 Å². The third kappa shape index (κ3) is 2.68. The van der Waals surface area contributed by atoms with Gasteiger partial charge in [0, 0.05) is 39.2 Å². The summed E-state index contributed by atoms with van der Waals surface area (Å²) in [6.07, 6.45) is 1.75. The van der Waals surface area contributed by atoms with Gasteiger partial charge < -0.3 is 18.7 Å². The van der Waals surface area contributed by atoms with E-state index in [1.165, 1.54) is 12.1 Å². The molecule has 3 aromatic rings. The topological polar surface area (TPSA) is 71.4 Å². The van der Waals surface area contributed by atoms with E-state index in [1.807, 2.05) is 19.0 Å². The Morgan fingerprint density at radius 3 is 2.71 bits per heavy atom. The molecule has 0 unspecified atom stereocenters. The van der Waals surface area contributed by atoms with Crippen molar-refractivity contribution in [3.63, 3.8) is 0 Å². The van der Waals surface area contributed by atoms with Crippen molar-refractivity contribution in [2.45, 2.75) is 18.8 Å². The van der Waals surface area contributed by atoms with Crippen LogP contribution in [0.4, 0.5) is 16.4 Å². The van der Waals surface area contributed by atoms with E-state index >= 15 is 0 Å². The largest absolute Gasteiger partial charge is 0.423 e. The number of benzene rings is 1. The molecule has 0 bridgehead atoms. The van der Waals surface area contributed by atoms with Gasteiger partial charge in [0.05, 0.1) is 0 Å². The zero-order valence-corrected chi connectivity index (χ0v) is 13.6. The molecule has 0 spiro atoms. The second-order valence-electron chi connectivity index (χ2n) is 6.20. The van der Waals surface area contributed by atoms with Crippen LogP contribution in [-0.2, 0) is 0 Å². The molecule has 3 heterocycles. The van der Waals surface area contributed by atoms with Gasteiger partial charge in [-0.3, -0.25) is 0 Å². The second kappa shape index (κ2) is 5.77. The molecular weight excluding hydrogens is 313 g/mol. The Hall–Kier alpha value is -2.64. The number of hydrogen-bond donors (Lipinski definition) is 0. The van der Waals surface area contributed by atoms with E-state index in [4.69, 9.17) is 8.94 Å². The molecule has 0 saturated carbocycles. The summed E-state index contributed by atoms with van der Waals surface area (Å²) in [4.78, 5) is 12.7. The van der Waals surface area contributed by atoms with E-state index in [-0.39, 0.29) is 11.7 Å². The Morgan fingerprint density at radius 1 is 1.21 bits per heavy atom. The summed E-state index contributed by atoms with van der Waals surface area (Å²) in [5.41, 5.74) is 1.14. The fraction of sp³-hybridized carbons (Fsp3) is 0.438. The number of hydrogen-bond acceptors (Lipinski definition) is 7. The van der Waals surface area contributed by atoms with Crippen molar-refractivity contribution in [3.8, 4) is 0 Å². The summed E-state index contributed by atoms with van der Waals surface area (Å²) in [7, 11) is 3.76. The second-order valence-corrected chi connectivity index (χ2v) is 6.20. The first kappa shape index (κ1) is 14.9.